The molecule has 1 aliphatic rings. The van der Waals surface area contributed by atoms with Gasteiger partial charge in [0.25, 0.3) is 0 Å². The van der Waals surface area contributed by atoms with E-state index in [1.807, 2.05) is 11.8 Å². The number of fused-ring (bicyclic) bond motifs is 1. The predicted molar refractivity (Wildman–Crippen MR) is 64.7 cm³/mol. The first-order valence-electron chi connectivity index (χ1n) is 5.33. The van der Waals surface area contributed by atoms with E-state index in [2.05, 4.69) is 29.6 Å². The van der Waals surface area contributed by atoms with Crippen molar-refractivity contribution in [3.63, 3.8) is 0 Å². The summed E-state index contributed by atoms with van der Waals surface area (Å²) in [5.41, 5.74) is 1.51. The van der Waals surface area contributed by atoms with Crippen LogP contribution in [0.3, 0.4) is 0 Å². The third kappa shape index (κ3) is 2.74. The molecule has 0 saturated heterocycles. The zero-order chi connectivity index (χ0) is 10.5. The molecule has 1 unspecified atom stereocenters. The number of methoxy groups -OCH3 is 1. The van der Waals surface area contributed by atoms with Gasteiger partial charge in [0, 0.05) is 36.8 Å². The molecule has 1 N–H and O–H groups in total. The van der Waals surface area contributed by atoms with Crippen molar-refractivity contribution in [2.45, 2.75) is 10.8 Å². The van der Waals surface area contributed by atoms with Gasteiger partial charge in [0.1, 0.15) is 0 Å². The largest absolute Gasteiger partial charge is 0.383 e. The lowest BCUT2D eigenvalue weighted by Gasteiger charge is -2.11. The van der Waals surface area contributed by atoms with Crippen molar-refractivity contribution >= 4 is 11.8 Å². The molecule has 1 atom stereocenters. The number of hydrogen-bond acceptors (Lipinski definition) is 3. The maximum Gasteiger partial charge on any atom is 0.0587 e. The molecule has 0 aliphatic carbocycles. The molecule has 0 bridgehead atoms. The second kappa shape index (κ2) is 5.54. The number of thioether (sulfide) groups is 1. The van der Waals surface area contributed by atoms with E-state index in [9.17, 15) is 0 Å². The van der Waals surface area contributed by atoms with Crippen LogP contribution in [0.4, 0.5) is 0 Å². The minimum absolute atomic E-state index is 0.669. The Bertz CT molecular complexity index is 316. The fourth-order valence-electron chi connectivity index (χ4n) is 1.85. The molecule has 0 radical (unpaired) electrons. The molecule has 1 heterocycles. The van der Waals surface area contributed by atoms with Crippen molar-refractivity contribution in [1.29, 1.82) is 0 Å². The summed E-state index contributed by atoms with van der Waals surface area (Å²) in [7, 11) is 1.74. The van der Waals surface area contributed by atoms with E-state index in [-0.39, 0.29) is 0 Å². The van der Waals surface area contributed by atoms with Gasteiger partial charge in [-0.25, -0.2) is 0 Å². The van der Waals surface area contributed by atoms with Crippen molar-refractivity contribution in [2.24, 2.45) is 0 Å². The molecule has 0 fully saturated rings. The minimum Gasteiger partial charge on any atom is -0.383 e. The zero-order valence-corrected chi connectivity index (χ0v) is 9.85. The van der Waals surface area contributed by atoms with E-state index in [0.29, 0.717) is 5.92 Å². The molecule has 82 valence electrons. The second-order valence-corrected chi connectivity index (χ2v) is 4.80. The van der Waals surface area contributed by atoms with Gasteiger partial charge in [0.05, 0.1) is 6.61 Å². The quantitative estimate of drug-likeness (QED) is 0.773. The van der Waals surface area contributed by atoms with Crippen LogP contribution in [0, 0.1) is 0 Å². The van der Waals surface area contributed by atoms with Crippen LogP contribution in [0.25, 0.3) is 0 Å². The second-order valence-electron chi connectivity index (χ2n) is 3.74. The highest BCUT2D eigenvalue weighted by Crippen LogP contribution is 2.38. The van der Waals surface area contributed by atoms with Crippen LogP contribution in [0.2, 0.25) is 0 Å². The Labute approximate surface area is 95.4 Å². The van der Waals surface area contributed by atoms with Crippen molar-refractivity contribution < 1.29 is 4.74 Å². The van der Waals surface area contributed by atoms with Crippen LogP contribution in [-0.2, 0) is 4.74 Å². The molecule has 3 heteroatoms. The zero-order valence-electron chi connectivity index (χ0n) is 9.03. The molecule has 2 rings (SSSR count). The van der Waals surface area contributed by atoms with Gasteiger partial charge in [-0.3, -0.25) is 0 Å². The number of hydrogen-bond donors (Lipinski definition) is 1. The highest BCUT2D eigenvalue weighted by atomic mass is 32.2. The van der Waals surface area contributed by atoms with Crippen LogP contribution < -0.4 is 5.32 Å². The van der Waals surface area contributed by atoms with E-state index in [1.54, 1.807) is 7.11 Å². The van der Waals surface area contributed by atoms with E-state index in [1.165, 1.54) is 16.2 Å². The Kier molecular flexibility index (Phi) is 4.06. The van der Waals surface area contributed by atoms with Crippen LogP contribution in [0.5, 0.6) is 0 Å². The summed E-state index contributed by atoms with van der Waals surface area (Å²) in [4.78, 5) is 1.45. The highest BCUT2D eigenvalue weighted by Gasteiger charge is 2.21. The van der Waals surface area contributed by atoms with Crippen LogP contribution >= 0.6 is 11.8 Å². The molecular weight excluding hydrogens is 206 g/mol. The van der Waals surface area contributed by atoms with Crippen molar-refractivity contribution in [1.82, 2.24) is 5.32 Å². The third-order valence-electron chi connectivity index (χ3n) is 2.67. The number of nitrogens with one attached hydrogen (secondary N) is 1. The summed E-state index contributed by atoms with van der Waals surface area (Å²) in [6.45, 7) is 2.80. The van der Waals surface area contributed by atoms with Crippen LogP contribution in [-0.4, -0.2) is 32.6 Å². The first-order chi connectivity index (χ1) is 7.42. The summed E-state index contributed by atoms with van der Waals surface area (Å²) >= 11 is 1.97. The van der Waals surface area contributed by atoms with Crippen LogP contribution in [0.15, 0.2) is 29.2 Å². The maximum atomic E-state index is 5.01. The molecule has 0 spiro atoms. The van der Waals surface area contributed by atoms with Gasteiger partial charge in [-0.05, 0) is 11.6 Å². The molecule has 15 heavy (non-hydrogen) atoms. The van der Waals surface area contributed by atoms with Gasteiger partial charge in [-0.15, -0.1) is 11.8 Å². The number of rotatable bonds is 5. The minimum atomic E-state index is 0.669. The molecule has 1 aliphatic heterocycles. The first kappa shape index (κ1) is 11.0. The van der Waals surface area contributed by atoms with E-state index in [0.717, 1.165) is 19.7 Å². The van der Waals surface area contributed by atoms with E-state index in [4.69, 9.17) is 4.74 Å². The highest BCUT2D eigenvalue weighted by molar-refractivity contribution is 7.99. The average molecular weight is 223 g/mol. The topological polar surface area (TPSA) is 21.3 Å². The summed E-state index contributed by atoms with van der Waals surface area (Å²) in [6, 6.07) is 8.71. The summed E-state index contributed by atoms with van der Waals surface area (Å²) in [5.74, 6) is 1.88. The summed E-state index contributed by atoms with van der Waals surface area (Å²) < 4.78 is 5.01. The Morgan fingerprint density at radius 3 is 3.20 bits per heavy atom. The predicted octanol–water partition coefficient (Wildman–Crippen LogP) is 2.11. The van der Waals surface area contributed by atoms with E-state index < -0.39 is 0 Å². The molecule has 0 amide bonds. The van der Waals surface area contributed by atoms with Crippen molar-refractivity contribution in [3.05, 3.63) is 29.8 Å². The fourth-order valence-corrected chi connectivity index (χ4v) is 3.10. The number of ether oxygens (including phenoxy) is 1. The fraction of sp³-hybridized carbons (Fsp3) is 0.500. The SMILES string of the molecule is COCCNCC1CSc2ccccc21. The lowest BCUT2D eigenvalue weighted by molar-refractivity contribution is 0.199. The van der Waals surface area contributed by atoms with Crippen LogP contribution in [0.1, 0.15) is 11.5 Å². The van der Waals surface area contributed by atoms with Crippen molar-refractivity contribution in [3.8, 4) is 0 Å². The third-order valence-corrected chi connectivity index (χ3v) is 3.92. The lowest BCUT2D eigenvalue weighted by Crippen LogP contribution is -2.25. The molecule has 0 saturated carbocycles. The molecule has 1 aromatic rings. The molecule has 2 nitrogen and oxygen atoms in total. The lowest BCUT2D eigenvalue weighted by atomic mass is 10.0. The standard InChI is InChI=1S/C12H17NOS/c1-14-7-6-13-8-10-9-15-12-5-3-2-4-11(10)12/h2-5,10,13H,6-9H2,1H3. The monoisotopic (exact) mass is 223 g/mol. The average Bonchev–Trinajstić information content (AvgIpc) is 2.68. The number of benzene rings is 1. The Balaban J connectivity index is 1.85. The molecular formula is C12H17NOS. The molecule has 0 aromatic heterocycles. The molecule has 1 aromatic carbocycles. The van der Waals surface area contributed by atoms with Gasteiger partial charge in [-0.1, -0.05) is 18.2 Å². The van der Waals surface area contributed by atoms with Gasteiger partial charge in [-0.2, -0.15) is 0 Å². The Morgan fingerprint density at radius 2 is 2.33 bits per heavy atom. The summed E-state index contributed by atoms with van der Waals surface area (Å²) in [6.07, 6.45) is 0. The first-order valence-corrected chi connectivity index (χ1v) is 6.31. The summed E-state index contributed by atoms with van der Waals surface area (Å²) in [5, 5.41) is 3.43. The van der Waals surface area contributed by atoms with E-state index >= 15 is 0 Å². The smallest absolute Gasteiger partial charge is 0.0587 e. The van der Waals surface area contributed by atoms with Gasteiger partial charge >= 0.3 is 0 Å². The van der Waals surface area contributed by atoms with Gasteiger partial charge in [0.2, 0.25) is 0 Å². The maximum absolute atomic E-state index is 5.01. The Morgan fingerprint density at radius 1 is 1.47 bits per heavy atom. The van der Waals surface area contributed by atoms with Gasteiger partial charge in [0.15, 0.2) is 0 Å². The normalized spacial score (nSPS) is 19.1. The van der Waals surface area contributed by atoms with Crippen molar-refractivity contribution in [2.75, 3.05) is 32.6 Å². The van der Waals surface area contributed by atoms with Gasteiger partial charge < -0.3 is 10.1 Å². The Hall–Kier alpha value is -0.510.